The lowest BCUT2D eigenvalue weighted by Gasteiger charge is -2.11. The van der Waals surface area contributed by atoms with E-state index in [0.29, 0.717) is 6.61 Å². The van der Waals surface area contributed by atoms with E-state index in [9.17, 15) is 0 Å². The highest BCUT2D eigenvalue weighted by atomic mass is 79.9. The summed E-state index contributed by atoms with van der Waals surface area (Å²) in [6, 6.07) is 7.75. The molecule has 0 amide bonds. The number of nitrogens with one attached hydrogen (secondary N) is 1. The Bertz CT molecular complexity index is 603. The zero-order valence-corrected chi connectivity index (χ0v) is 15.0. The molecule has 0 spiro atoms. The van der Waals surface area contributed by atoms with Crippen molar-refractivity contribution in [1.29, 1.82) is 0 Å². The van der Waals surface area contributed by atoms with E-state index in [4.69, 9.17) is 9.47 Å². The minimum Gasteiger partial charge on any atom is -0.496 e. The molecular formula is C15H16Br2N2O2. The van der Waals surface area contributed by atoms with Crippen molar-refractivity contribution in [1.82, 2.24) is 10.3 Å². The number of pyridine rings is 1. The molecule has 0 aliphatic heterocycles. The summed E-state index contributed by atoms with van der Waals surface area (Å²) in [4.78, 5) is 4.38. The van der Waals surface area contributed by atoms with Gasteiger partial charge in [-0.2, -0.15) is 0 Å². The van der Waals surface area contributed by atoms with Crippen molar-refractivity contribution >= 4 is 31.9 Å². The van der Waals surface area contributed by atoms with Gasteiger partial charge >= 0.3 is 0 Å². The Balaban J connectivity index is 2.04. The highest BCUT2D eigenvalue weighted by molar-refractivity contribution is 9.11. The first kappa shape index (κ1) is 16.3. The zero-order chi connectivity index (χ0) is 15.2. The van der Waals surface area contributed by atoms with E-state index < -0.39 is 0 Å². The minimum atomic E-state index is 0.414. The van der Waals surface area contributed by atoms with Gasteiger partial charge in [-0.25, -0.2) is 0 Å². The maximum Gasteiger partial charge on any atom is 0.135 e. The summed E-state index contributed by atoms with van der Waals surface area (Å²) >= 11 is 6.92. The molecule has 1 aromatic carbocycles. The first-order chi connectivity index (χ1) is 10.1. The molecule has 6 heteroatoms. The predicted molar refractivity (Wildman–Crippen MR) is 89.7 cm³/mol. The molecule has 0 fully saturated rings. The molecule has 1 heterocycles. The normalized spacial score (nSPS) is 10.5. The second-order valence-electron chi connectivity index (χ2n) is 4.39. The van der Waals surface area contributed by atoms with Crippen LogP contribution < -0.4 is 14.8 Å². The largest absolute Gasteiger partial charge is 0.496 e. The van der Waals surface area contributed by atoms with Gasteiger partial charge in [-0.1, -0.05) is 6.07 Å². The third-order valence-corrected chi connectivity index (χ3v) is 4.09. The predicted octanol–water partition coefficient (Wildman–Crippen LogP) is 3.91. The summed E-state index contributed by atoms with van der Waals surface area (Å²) in [5.74, 6) is 1.49. The molecule has 0 saturated heterocycles. The van der Waals surface area contributed by atoms with E-state index in [1.807, 2.05) is 37.5 Å². The number of methoxy groups -OCH3 is 1. The van der Waals surface area contributed by atoms with Crippen molar-refractivity contribution in [2.24, 2.45) is 0 Å². The van der Waals surface area contributed by atoms with Crippen LogP contribution in [0.5, 0.6) is 11.5 Å². The smallest absolute Gasteiger partial charge is 0.135 e. The van der Waals surface area contributed by atoms with E-state index >= 15 is 0 Å². The Morgan fingerprint density at radius 3 is 2.48 bits per heavy atom. The number of rotatable bonds is 6. The van der Waals surface area contributed by atoms with E-state index in [2.05, 4.69) is 42.2 Å². The first-order valence-electron chi connectivity index (χ1n) is 6.38. The Hall–Kier alpha value is -1.11. The Morgan fingerprint density at radius 2 is 1.86 bits per heavy atom. The number of aromatic nitrogens is 1. The molecule has 21 heavy (non-hydrogen) atoms. The molecule has 0 atom stereocenters. The molecule has 112 valence electrons. The van der Waals surface area contributed by atoms with Gasteiger partial charge in [0.1, 0.15) is 18.1 Å². The standard InChI is InChI=1S/C15H16Br2N2O2/c1-18-7-10-3-4-11(19-8-10)9-21-15-6-12(16)14(20-2)5-13(15)17/h3-6,8,18H,7,9H2,1-2H3. The molecule has 2 aromatic rings. The van der Waals surface area contributed by atoms with E-state index in [-0.39, 0.29) is 0 Å². The third kappa shape index (κ3) is 4.43. The van der Waals surface area contributed by atoms with Crippen LogP contribution >= 0.6 is 31.9 Å². The lowest BCUT2D eigenvalue weighted by molar-refractivity contribution is 0.298. The van der Waals surface area contributed by atoms with Crippen molar-refractivity contribution < 1.29 is 9.47 Å². The lowest BCUT2D eigenvalue weighted by atomic mass is 10.2. The number of hydrogen-bond donors (Lipinski definition) is 1. The molecule has 0 aliphatic rings. The number of hydrogen-bond acceptors (Lipinski definition) is 4. The molecular weight excluding hydrogens is 400 g/mol. The van der Waals surface area contributed by atoms with Crippen LogP contribution in [-0.2, 0) is 13.2 Å². The van der Waals surface area contributed by atoms with Gasteiger partial charge in [0.15, 0.2) is 0 Å². The van der Waals surface area contributed by atoms with Crippen molar-refractivity contribution in [2.45, 2.75) is 13.2 Å². The summed E-state index contributed by atoms with van der Waals surface area (Å²) in [6.07, 6.45) is 1.86. The molecule has 0 bridgehead atoms. The molecule has 4 nitrogen and oxygen atoms in total. The summed E-state index contributed by atoms with van der Waals surface area (Å²) < 4.78 is 12.7. The molecule has 2 rings (SSSR count). The van der Waals surface area contributed by atoms with Crippen LogP contribution in [0.4, 0.5) is 0 Å². The van der Waals surface area contributed by atoms with Gasteiger partial charge in [-0.15, -0.1) is 0 Å². The summed E-state index contributed by atoms with van der Waals surface area (Å²) in [5.41, 5.74) is 2.03. The SMILES string of the molecule is CNCc1ccc(COc2cc(Br)c(OC)cc2Br)nc1. The fourth-order valence-electron chi connectivity index (χ4n) is 1.78. The average Bonchev–Trinajstić information content (AvgIpc) is 2.49. The van der Waals surface area contributed by atoms with Crippen LogP contribution in [0.15, 0.2) is 39.4 Å². The van der Waals surface area contributed by atoms with Gasteiger partial charge in [0.2, 0.25) is 0 Å². The molecule has 1 N–H and O–H groups in total. The lowest BCUT2D eigenvalue weighted by Crippen LogP contribution is -2.06. The summed E-state index contributed by atoms with van der Waals surface area (Å²) in [6.45, 7) is 1.22. The molecule has 0 radical (unpaired) electrons. The van der Waals surface area contributed by atoms with Crippen molar-refractivity contribution in [3.05, 3.63) is 50.7 Å². The zero-order valence-electron chi connectivity index (χ0n) is 11.8. The molecule has 1 aromatic heterocycles. The van der Waals surface area contributed by atoms with E-state index in [1.165, 1.54) is 0 Å². The monoisotopic (exact) mass is 414 g/mol. The Labute approximate surface area is 141 Å². The third-order valence-electron chi connectivity index (χ3n) is 2.85. The first-order valence-corrected chi connectivity index (χ1v) is 7.97. The van der Waals surface area contributed by atoms with Gasteiger partial charge in [-0.05, 0) is 62.7 Å². The number of nitrogens with zero attached hydrogens (tertiary/aromatic N) is 1. The van der Waals surface area contributed by atoms with E-state index in [0.717, 1.165) is 38.2 Å². The Morgan fingerprint density at radius 1 is 1.14 bits per heavy atom. The van der Waals surface area contributed by atoms with Crippen molar-refractivity contribution in [2.75, 3.05) is 14.2 Å². The van der Waals surface area contributed by atoms with Crippen LogP contribution in [0.1, 0.15) is 11.3 Å². The van der Waals surface area contributed by atoms with Gasteiger partial charge in [0, 0.05) is 12.7 Å². The number of benzene rings is 1. The molecule has 0 aliphatic carbocycles. The summed E-state index contributed by atoms with van der Waals surface area (Å²) in [7, 11) is 3.54. The topological polar surface area (TPSA) is 43.4 Å². The second kappa shape index (κ2) is 7.77. The van der Waals surface area contributed by atoms with Crippen LogP contribution in [0.2, 0.25) is 0 Å². The molecule has 0 unspecified atom stereocenters. The van der Waals surface area contributed by atoms with Crippen LogP contribution in [0.25, 0.3) is 0 Å². The molecule has 0 saturated carbocycles. The summed E-state index contributed by atoms with van der Waals surface area (Å²) in [5, 5.41) is 3.09. The van der Waals surface area contributed by atoms with Crippen molar-refractivity contribution in [3.63, 3.8) is 0 Å². The maximum absolute atomic E-state index is 5.79. The number of halogens is 2. The van der Waals surface area contributed by atoms with Gasteiger partial charge < -0.3 is 14.8 Å². The quantitative estimate of drug-likeness (QED) is 0.776. The van der Waals surface area contributed by atoms with Crippen LogP contribution in [0.3, 0.4) is 0 Å². The fourth-order valence-corrected chi connectivity index (χ4v) is 2.70. The fraction of sp³-hybridized carbons (Fsp3) is 0.267. The highest BCUT2D eigenvalue weighted by Gasteiger charge is 2.08. The van der Waals surface area contributed by atoms with Gasteiger partial charge in [0.05, 0.1) is 21.7 Å². The average molecular weight is 416 g/mol. The van der Waals surface area contributed by atoms with E-state index in [1.54, 1.807) is 7.11 Å². The van der Waals surface area contributed by atoms with Gasteiger partial charge in [-0.3, -0.25) is 4.98 Å². The maximum atomic E-state index is 5.79. The van der Waals surface area contributed by atoms with Crippen LogP contribution in [-0.4, -0.2) is 19.1 Å². The van der Waals surface area contributed by atoms with Crippen molar-refractivity contribution in [3.8, 4) is 11.5 Å². The minimum absolute atomic E-state index is 0.414. The number of ether oxygens (including phenoxy) is 2. The van der Waals surface area contributed by atoms with Crippen LogP contribution in [0, 0.1) is 0 Å². The van der Waals surface area contributed by atoms with Gasteiger partial charge in [0.25, 0.3) is 0 Å². The highest BCUT2D eigenvalue weighted by Crippen LogP contribution is 2.36. The Kier molecular flexibility index (Phi) is 6.02. The second-order valence-corrected chi connectivity index (χ2v) is 6.10.